The Kier molecular flexibility index (Phi) is 6.25. The van der Waals surface area contributed by atoms with Gasteiger partial charge in [-0.25, -0.2) is 0 Å². The maximum atomic E-state index is 11.9. The van der Waals surface area contributed by atoms with Crippen LogP contribution in [0.25, 0.3) is 0 Å². The Morgan fingerprint density at radius 2 is 1.85 bits per heavy atom. The van der Waals surface area contributed by atoms with Gasteiger partial charge in [-0.05, 0) is 19.8 Å². The largest absolute Gasteiger partial charge is 0.466 e. The van der Waals surface area contributed by atoms with Crippen LogP contribution in [0.5, 0.6) is 0 Å². The van der Waals surface area contributed by atoms with Crippen LogP contribution < -0.4 is 0 Å². The number of halogens is 3. The van der Waals surface area contributed by atoms with Crippen LogP contribution in [0.1, 0.15) is 19.8 Å². The maximum absolute atomic E-state index is 11.9. The molecule has 1 heterocycles. The molecule has 0 N–H and O–H groups in total. The molecular formula is C12H18F3NO4. The number of piperidine rings is 1. The molecule has 5 nitrogen and oxygen atoms in total. The van der Waals surface area contributed by atoms with Crippen LogP contribution in [0.2, 0.25) is 0 Å². The number of likely N-dealkylation sites (tertiary alicyclic amines) is 1. The average Bonchev–Trinajstić information content (AvgIpc) is 2.37. The highest BCUT2D eigenvalue weighted by atomic mass is 19.4. The van der Waals surface area contributed by atoms with E-state index in [1.807, 2.05) is 0 Å². The van der Waals surface area contributed by atoms with Gasteiger partial charge < -0.3 is 14.4 Å². The summed E-state index contributed by atoms with van der Waals surface area (Å²) in [4.78, 5) is 24.5. The van der Waals surface area contributed by atoms with E-state index in [0.29, 0.717) is 32.5 Å². The van der Waals surface area contributed by atoms with Crippen LogP contribution in [-0.4, -0.2) is 55.9 Å². The van der Waals surface area contributed by atoms with E-state index >= 15 is 0 Å². The molecule has 0 unspecified atom stereocenters. The minimum absolute atomic E-state index is 0.241. The van der Waals surface area contributed by atoms with E-state index in [0.717, 1.165) is 0 Å². The zero-order valence-electron chi connectivity index (χ0n) is 11.2. The van der Waals surface area contributed by atoms with Crippen LogP contribution in [0.3, 0.4) is 0 Å². The third-order valence-electron chi connectivity index (χ3n) is 2.96. The molecular weight excluding hydrogens is 279 g/mol. The molecule has 1 amide bonds. The number of amides is 1. The van der Waals surface area contributed by atoms with Crippen molar-refractivity contribution in [1.29, 1.82) is 0 Å². The van der Waals surface area contributed by atoms with Crippen molar-refractivity contribution < 1.29 is 32.2 Å². The van der Waals surface area contributed by atoms with Gasteiger partial charge in [0.25, 0.3) is 0 Å². The maximum Gasteiger partial charge on any atom is 0.411 e. The van der Waals surface area contributed by atoms with E-state index in [1.165, 1.54) is 4.90 Å². The highest BCUT2D eigenvalue weighted by Crippen LogP contribution is 2.19. The molecule has 0 spiro atoms. The Bertz CT molecular complexity index is 338. The molecule has 0 aromatic carbocycles. The Hall–Kier alpha value is -1.31. The Balaban J connectivity index is 2.27. The molecule has 0 atom stereocenters. The quantitative estimate of drug-likeness (QED) is 0.719. The van der Waals surface area contributed by atoms with Crippen molar-refractivity contribution in [3.63, 3.8) is 0 Å². The van der Waals surface area contributed by atoms with Gasteiger partial charge in [-0.1, -0.05) is 0 Å². The molecule has 1 aliphatic heterocycles. The summed E-state index contributed by atoms with van der Waals surface area (Å²) >= 11 is 0. The first kappa shape index (κ1) is 16.7. The number of carbonyl (C=O) groups excluding carboxylic acids is 2. The van der Waals surface area contributed by atoms with Gasteiger partial charge in [0.05, 0.1) is 12.5 Å². The van der Waals surface area contributed by atoms with Gasteiger partial charge in [0.1, 0.15) is 13.2 Å². The highest BCUT2D eigenvalue weighted by Gasteiger charge is 2.30. The van der Waals surface area contributed by atoms with E-state index in [1.54, 1.807) is 6.92 Å². The zero-order valence-corrected chi connectivity index (χ0v) is 11.2. The summed E-state index contributed by atoms with van der Waals surface area (Å²) in [6, 6.07) is 0. The summed E-state index contributed by atoms with van der Waals surface area (Å²) < 4.78 is 44.8. The molecule has 0 bridgehead atoms. The second kappa shape index (κ2) is 7.47. The molecule has 116 valence electrons. The number of hydrogen-bond donors (Lipinski definition) is 0. The first-order chi connectivity index (χ1) is 9.33. The van der Waals surface area contributed by atoms with Crippen molar-refractivity contribution in [3.8, 4) is 0 Å². The lowest BCUT2D eigenvalue weighted by Crippen LogP contribution is -2.42. The smallest absolute Gasteiger partial charge is 0.411 e. The summed E-state index contributed by atoms with van der Waals surface area (Å²) in [5.74, 6) is -1.01. The van der Waals surface area contributed by atoms with Gasteiger partial charge >= 0.3 is 12.1 Å². The first-order valence-electron chi connectivity index (χ1n) is 6.42. The second-order valence-corrected chi connectivity index (χ2v) is 4.52. The summed E-state index contributed by atoms with van der Waals surface area (Å²) in [6.45, 7) is 0.662. The average molecular weight is 297 g/mol. The molecule has 1 fully saturated rings. The number of rotatable bonds is 5. The van der Waals surface area contributed by atoms with Gasteiger partial charge in [0.15, 0.2) is 0 Å². The second-order valence-electron chi connectivity index (χ2n) is 4.52. The third kappa shape index (κ3) is 5.77. The van der Waals surface area contributed by atoms with Crippen molar-refractivity contribution in [3.05, 3.63) is 0 Å². The molecule has 1 rings (SSSR count). The van der Waals surface area contributed by atoms with Crippen LogP contribution in [0.15, 0.2) is 0 Å². The lowest BCUT2D eigenvalue weighted by molar-refractivity contribution is -0.178. The molecule has 0 aromatic heterocycles. The Morgan fingerprint density at radius 3 is 2.35 bits per heavy atom. The fourth-order valence-electron chi connectivity index (χ4n) is 1.97. The monoisotopic (exact) mass is 297 g/mol. The first-order valence-corrected chi connectivity index (χ1v) is 6.42. The highest BCUT2D eigenvalue weighted by molar-refractivity contribution is 5.78. The van der Waals surface area contributed by atoms with E-state index < -0.39 is 25.3 Å². The number of esters is 1. The van der Waals surface area contributed by atoms with Crippen LogP contribution in [0.4, 0.5) is 13.2 Å². The molecule has 1 saturated heterocycles. The van der Waals surface area contributed by atoms with E-state index in [-0.39, 0.29) is 11.9 Å². The van der Waals surface area contributed by atoms with Gasteiger partial charge in [-0.2, -0.15) is 13.2 Å². The van der Waals surface area contributed by atoms with Gasteiger partial charge in [-0.3, -0.25) is 9.59 Å². The summed E-state index contributed by atoms with van der Waals surface area (Å²) in [7, 11) is 0. The molecule has 0 radical (unpaired) electrons. The number of carbonyl (C=O) groups is 2. The van der Waals surface area contributed by atoms with E-state index in [2.05, 4.69) is 4.74 Å². The lowest BCUT2D eigenvalue weighted by Gasteiger charge is -2.30. The van der Waals surface area contributed by atoms with Crippen LogP contribution in [-0.2, 0) is 19.1 Å². The fraction of sp³-hybridized carbons (Fsp3) is 0.833. The third-order valence-corrected chi connectivity index (χ3v) is 2.96. The Morgan fingerprint density at radius 1 is 1.25 bits per heavy atom. The summed E-state index contributed by atoms with van der Waals surface area (Å²) in [5, 5.41) is 0. The van der Waals surface area contributed by atoms with Crippen molar-refractivity contribution in [2.24, 2.45) is 5.92 Å². The zero-order chi connectivity index (χ0) is 15.2. The molecule has 1 aliphatic rings. The minimum Gasteiger partial charge on any atom is -0.466 e. The van der Waals surface area contributed by atoms with Crippen molar-refractivity contribution >= 4 is 11.9 Å². The predicted octanol–water partition coefficient (Wildman–Crippen LogP) is 1.37. The van der Waals surface area contributed by atoms with Gasteiger partial charge in [0.2, 0.25) is 5.91 Å². The normalized spacial score (nSPS) is 17.1. The van der Waals surface area contributed by atoms with Crippen molar-refractivity contribution in [2.75, 3.05) is 32.9 Å². The predicted molar refractivity (Wildman–Crippen MR) is 62.8 cm³/mol. The number of hydrogen-bond acceptors (Lipinski definition) is 4. The van der Waals surface area contributed by atoms with Gasteiger partial charge in [0, 0.05) is 13.1 Å². The Labute approximate surface area is 115 Å². The number of alkyl halides is 3. The molecule has 8 heteroatoms. The number of ether oxygens (including phenoxy) is 2. The topological polar surface area (TPSA) is 55.8 Å². The van der Waals surface area contributed by atoms with Crippen LogP contribution >= 0.6 is 0 Å². The molecule has 0 saturated carbocycles. The van der Waals surface area contributed by atoms with E-state index in [4.69, 9.17) is 4.74 Å². The summed E-state index contributed by atoms with van der Waals surface area (Å²) in [5.41, 5.74) is 0. The lowest BCUT2D eigenvalue weighted by atomic mass is 9.97. The number of nitrogens with zero attached hydrogens (tertiary/aromatic N) is 1. The van der Waals surface area contributed by atoms with E-state index in [9.17, 15) is 22.8 Å². The standard InChI is InChI=1S/C12H18F3NO4/c1-2-20-11(18)9-3-5-16(6-4-9)10(17)7-19-8-12(13,14)15/h9H,2-8H2,1H3. The molecule has 0 aliphatic carbocycles. The van der Waals surface area contributed by atoms with Gasteiger partial charge in [-0.15, -0.1) is 0 Å². The van der Waals surface area contributed by atoms with Crippen molar-refractivity contribution in [1.82, 2.24) is 4.90 Å². The fourth-order valence-corrected chi connectivity index (χ4v) is 1.97. The molecule has 20 heavy (non-hydrogen) atoms. The van der Waals surface area contributed by atoms with Crippen molar-refractivity contribution in [2.45, 2.75) is 25.9 Å². The molecule has 0 aromatic rings. The van der Waals surface area contributed by atoms with Crippen LogP contribution in [0, 0.1) is 5.92 Å². The minimum atomic E-state index is -4.43. The summed E-state index contributed by atoms with van der Waals surface area (Å²) in [6.07, 6.45) is -3.51. The SMILES string of the molecule is CCOC(=O)C1CCN(C(=O)COCC(F)(F)F)CC1.